The summed E-state index contributed by atoms with van der Waals surface area (Å²) >= 11 is 0. The molecule has 1 aliphatic heterocycles. The van der Waals surface area contributed by atoms with Gasteiger partial charge in [0.2, 0.25) is 5.91 Å². The first-order valence-electron chi connectivity index (χ1n) is 5.37. The SMILES string of the molecule is COC1CC(C(=O)O)N(C(=O)Cn2cnnn2)C1. The predicted molar refractivity (Wildman–Crippen MR) is 56.4 cm³/mol. The standard InChI is InChI=1S/C9H13N5O4/c1-18-6-2-7(9(16)17)14(3-6)8(15)4-13-5-10-11-12-13/h5-7H,2-4H2,1H3,(H,16,17). The third kappa shape index (κ3) is 2.45. The molecule has 2 atom stereocenters. The molecule has 2 heterocycles. The number of likely N-dealkylation sites (tertiary alicyclic amines) is 1. The Labute approximate surface area is 102 Å². The van der Waals surface area contributed by atoms with Crippen LogP contribution in [0.2, 0.25) is 0 Å². The molecule has 0 aliphatic carbocycles. The Balaban J connectivity index is 2.05. The molecule has 0 bridgehead atoms. The van der Waals surface area contributed by atoms with Gasteiger partial charge in [-0.1, -0.05) is 0 Å². The molecule has 1 aromatic rings. The summed E-state index contributed by atoms with van der Waals surface area (Å²) in [5.74, 6) is -1.37. The number of carbonyl (C=O) groups excluding carboxylic acids is 1. The van der Waals surface area contributed by atoms with Gasteiger partial charge >= 0.3 is 5.97 Å². The quantitative estimate of drug-likeness (QED) is 0.687. The second kappa shape index (κ2) is 5.08. The molecular formula is C9H13N5O4. The third-order valence-corrected chi connectivity index (χ3v) is 2.89. The normalized spacial score (nSPS) is 23.3. The number of rotatable bonds is 4. The Morgan fingerprint density at radius 3 is 2.89 bits per heavy atom. The van der Waals surface area contributed by atoms with Gasteiger partial charge in [-0.3, -0.25) is 4.79 Å². The van der Waals surface area contributed by atoms with Gasteiger partial charge in [0.05, 0.1) is 6.10 Å². The van der Waals surface area contributed by atoms with E-state index in [0.29, 0.717) is 6.42 Å². The van der Waals surface area contributed by atoms with Gasteiger partial charge in [-0.05, 0) is 10.4 Å². The van der Waals surface area contributed by atoms with Gasteiger partial charge < -0.3 is 14.7 Å². The van der Waals surface area contributed by atoms with Crippen molar-refractivity contribution >= 4 is 11.9 Å². The maximum absolute atomic E-state index is 12.0. The number of carbonyl (C=O) groups is 2. The molecule has 1 N–H and O–H groups in total. The Morgan fingerprint density at radius 2 is 2.33 bits per heavy atom. The summed E-state index contributed by atoms with van der Waals surface area (Å²) in [5.41, 5.74) is 0. The van der Waals surface area contributed by atoms with E-state index in [2.05, 4.69) is 15.5 Å². The fourth-order valence-corrected chi connectivity index (χ4v) is 1.96. The van der Waals surface area contributed by atoms with Gasteiger partial charge in [0.15, 0.2) is 0 Å². The molecule has 0 spiro atoms. The summed E-state index contributed by atoms with van der Waals surface area (Å²) in [6.45, 7) is 0.196. The highest BCUT2D eigenvalue weighted by molar-refractivity contribution is 5.84. The minimum Gasteiger partial charge on any atom is -0.480 e. The predicted octanol–water partition coefficient (Wildman–Crippen LogP) is -1.63. The molecule has 0 radical (unpaired) electrons. The lowest BCUT2D eigenvalue weighted by Crippen LogP contribution is -2.42. The zero-order chi connectivity index (χ0) is 13.1. The van der Waals surface area contributed by atoms with Gasteiger partial charge in [-0.25, -0.2) is 9.48 Å². The summed E-state index contributed by atoms with van der Waals surface area (Å²) in [6, 6.07) is -0.848. The van der Waals surface area contributed by atoms with Crippen molar-refractivity contribution in [3.05, 3.63) is 6.33 Å². The molecular weight excluding hydrogens is 242 g/mol. The maximum atomic E-state index is 12.0. The van der Waals surface area contributed by atoms with Crippen LogP contribution in [-0.4, -0.2) is 67.9 Å². The van der Waals surface area contributed by atoms with Crippen LogP contribution in [0.3, 0.4) is 0 Å². The van der Waals surface area contributed by atoms with E-state index in [0.717, 1.165) is 0 Å². The topological polar surface area (TPSA) is 110 Å². The molecule has 0 saturated carbocycles. The van der Waals surface area contributed by atoms with Crippen LogP contribution in [0.4, 0.5) is 0 Å². The molecule has 1 amide bonds. The lowest BCUT2D eigenvalue weighted by atomic mass is 10.2. The van der Waals surface area contributed by atoms with Gasteiger partial charge in [-0.2, -0.15) is 0 Å². The van der Waals surface area contributed by atoms with Crippen molar-refractivity contribution < 1.29 is 19.4 Å². The number of ether oxygens (including phenoxy) is 1. The number of methoxy groups -OCH3 is 1. The van der Waals surface area contributed by atoms with Crippen molar-refractivity contribution in [1.82, 2.24) is 25.1 Å². The molecule has 9 nitrogen and oxygen atoms in total. The number of carboxylic acid groups (broad SMARTS) is 1. The second-order valence-electron chi connectivity index (χ2n) is 4.00. The number of hydrogen-bond acceptors (Lipinski definition) is 6. The molecule has 1 aliphatic rings. The van der Waals surface area contributed by atoms with Crippen LogP contribution in [0.15, 0.2) is 6.33 Å². The van der Waals surface area contributed by atoms with Crippen molar-refractivity contribution in [3.63, 3.8) is 0 Å². The van der Waals surface area contributed by atoms with Crippen LogP contribution in [-0.2, 0) is 20.9 Å². The monoisotopic (exact) mass is 255 g/mol. The third-order valence-electron chi connectivity index (χ3n) is 2.89. The van der Waals surface area contributed by atoms with Crippen molar-refractivity contribution in [2.45, 2.75) is 25.1 Å². The van der Waals surface area contributed by atoms with Crippen LogP contribution in [0.25, 0.3) is 0 Å². The highest BCUT2D eigenvalue weighted by Crippen LogP contribution is 2.20. The van der Waals surface area contributed by atoms with Crippen molar-refractivity contribution in [2.75, 3.05) is 13.7 Å². The van der Waals surface area contributed by atoms with E-state index >= 15 is 0 Å². The molecule has 98 valence electrons. The summed E-state index contributed by atoms with van der Waals surface area (Å²) in [7, 11) is 1.50. The Hall–Kier alpha value is -2.03. The summed E-state index contributed by atoms with van der Waals surface area (Å²) in [5, 5.41) is 19.5. The zero-order valence-electron chi connectivity index (χ0n) is 9.76. The van der Waals surface area contributed by atoms with Gasteiger partial charge in [-0.15, -0.1) is 5.10 Å². The number of tetrazole rings is 1. The van der Waals surface area contributed by atoms with Crippen molar-refractivity contribution in [2.24, 2.45) is 0 Å². The van der Waals surface area contributed by atoms with Crippen LogP contribution in [0.5, 0.6) is 0 Å². The van der Waals surface area contributed by atoms with E-state index in [4.69, 9.17) is 9.84 Å². The lowest BCUT2D eigenvalue weighted by molar-refractivity contribution is -0.148. The molecule has 1 aromatic heterocycles. The second-order valence-corrected chi connectivity index (χ2v) is 4.00. The average Bonchev–Trinajstić information content (AvgIpc) is 2.96. The first-order chi connectivity index (χ1) is 8.61. The highest BCUT2D eigenvalue weighted by atomic mass is 16.5. The smallest absolute Gasteiger partial charge is 0.326 e. The fraction of sp³-hybridized carbons (Fsp3) is 0.667. The van der Waals surface area contributed by atoms with Crippen LogP contribution < -0.4 is 0 Å². The number of aliphatic carboxylic acids is 1. The fourth-order valence-electron chi connectivity index (χ4n) is 1.96. The summed E-state index contributed by atoms with van der Waals surface area (Å²) < 4.78 is 6.35. The Kier molecular flexibility index (Phi) is 3.51. The molecule has 18 heavy (non-hydrogen) atoms. The highest BCUT2D eigenvalue weighted by Gasteiger charge is 2.39. The van der Waals surface area contributed by atoms with E-state index in [1.165, 1.54) is 23.0 Å². The number of amides is 1. The van der Waals surface area contributed by atoms with E-state index in [1.807, 2.05) is 0 Å². The minimum absolute atomic E-state index is 0.0762. The Bertz CT molecular complexity index is 434. The van der Waals surface area contributed by atoms with Crippen molar-refractivity contribution in [1.29, 1.82) is 0 Å². The maximum Gasteiger partial charge on any atom is 0.326 e. The van der Waals surface area contributed by atoms with Crippen LogP contribution >= 0.6 is 0 Å². The largest absolute Gasteiger partial charge is 0.480 e. The van der Waals surface area contributed by atoms with E-state index < -0.39 is 12.0 Å². The summed E-state index contributed by atoms with van der Waals surface area (Å²) in [4.78, 5) is 24.4. The molecule has 9 heteroatoms. The van der Waals surface area contributed by atoms with Gasteiger partial charge in [0.25, 0.3) is 0 Å². The Morgan fingerprint density at radius 1 is 1.56 bits per heavy atom. The van der Waals surface area contributed by atoms with E-state index in [-0.39, 0.29) is 25.1 Å². The zero-order valence-corrected chi connectivity index (χ0v) is 9.76. The number of hydrogen-bond donors (Lipinski definition) is 1. The lowest BCUT2D eigenvalue weighted by Gasteiger charge is -2.20. The van der Waals surface area contributed by atoms with Gasteiger partial charge in [0.1, 0.15) is 18.9 Å². The minimum atomic E-state index is -1.03. The number of aromatic nitrogens is 4. The molecule has 0 aromatic carbocycles. The number of nitrogens with zero attached hydrogens (tertiary/aromatic N) is 5. The van der Waals surface area contributed by atoms with Crippen LogP contribution in [0.1, 0.15) is 6.42 Å². The first-order valence-corrected chi connectivity index (χ1v) is 5.37. The molecule has 2 rings (SSSR count). The van der Waals surface area contributed by atoms with Gasteiger partial charge in [0, 0.05) is 20.1 Å². The summed E-state index contributed by atoms with van der Waals surface area (Å²) in [6.07, 6.45) is 1.36. The average molecular weight is 255 g/mol. The van der Waals surface area contributed by atoms with E-state index in [9.17, 15) is 9.59 Å². The van der Waals surface area contributed by atoms with Crippen LogP contribution in [0, 0.1) is 0 Å². The molecule has 2 unspecified atom stereocenters. The van der Waals surface area contributed by atoms with E-state index in [1.54, 1.807) is 0 Å². The molecule has 1 fully saturated rings. The van der Waals surface area contributed by atoms with Crippen molar-refractivity contribution in [3.8, 4) is 0 Å². The molecule has 1 saturated heterocycles. The number of carboxylic acids is 1. The first kappa shape index (κ1) is 12.4.